The van der Waals surface area contributed by atoms with Crippen LogP contribution < -0.4 is 5.32 Å². The number of urea groups is 1. The van der Waals surface area contributed by atoms with Gasteiger partial charge in [-0.1, -0.05) is 37.5 Å². The Morgan fingerprint density at radius 2 is 1.88 bits per heavy atom. The van der Waals surface area contributed by atoms with Gasteiger partial charge in [-0.2, -0.15) is 0 Å². The van der Waals surface area contributed by atoms with Crippen LogP contribution in [0.25, 0.3) is 0 Å². The highest BCUT2D eigenvalue weighted by atomic mass is 32.2. The quantitative estimate of drug-likeness (QED) is 0.382. The third-order valence-electron chi connectivity index (χ3n) is 7.25. The van der Waals surface area contributed by atoms with E-state index in [-0.39, 0.29) is 6.03 Å². The summed E-state index contributed by atoms with van der Waals surface area (Å²) in [5.41, 5.74) is 0. The summed E-state index contributed by atoms with van der Waals surface area (Å²) >= 11 is 3.47. The summed E-state index contributed by atoms with van der Waals surface area (Å²) in [4.78, 5) is 22.6. The zero-order valence-corrected chi connectivity index (χ0v) is 21.2. The minimum Gasteiger partial charge on any atom is -0.379 e. The minimum absolute atomic E-state index is 0.0784. The summed E-state index contributed by atoms with van der Waals surface area (Å²) in [7, 11) is 0. The van der Waals surface area contributed by atoms with Gasteiger partial charge in [-0.25, -0.2) is 9.78 Å². The van der Waals surface area contributed by atoms with Gasteiger partial charge < -0.3 is 9.64 Å². The van der Waals surface area contributed by atoms with Crippen molar-refractivity contribution in [3.05, 3.63) is 6.20 Å². The topological polar surface area (TPSA) is 57.7 Å². The number of ether oxygens (including phenoxy) is 1. The molecule has 0 atom stereocenters. The molecule has 0 aromatic carbocycles. The average molecular weight is 481 g/mol. The van der Waals surface area contributed by atoms with Gasteiger partial charge in [0.15, 0.2) is 5.13 Å². The Balaban J connectivity index is 1.27. The van der Waals surface area contributed by atoms with Crippen LogP contribution in [0.5, 0.6) is 0 Å². The van der Waals surface area contributed by atoms with Crippen molar-refractivity contribution in [2.75, 3.05) is 43.9 Å². The number of amides is 2. The smallest absolute Gasteiger partial charge is 0.324 e. The highest BCUT2D eigenvalue weighted by Crippen LogP contribution is 2.34. The van der Waals surface area contributed by atoms with Crippen LogP contribution in [0.4, 0.5) is 9.93 Å². The molecule has 1 saturated heterocycles. The van der Waals surface area contributed by atoms with Crippen molar-refractivity contribution in [2.45, 2.75) is 87.4 Å². The lowest BCUT2D eigenvalue weighted by Crippen LogP contribution is -2.51. The van der Waals surface area contributed by atoms with E-state index < -0.39 is 0 Å². The van der Waals surface area contributed by atoms with E-state index in [2.05, 4.69) is 27.0 Å². The molecule has 4 rings (SSSR count). The number of nitrogens with zero attached hydrogens (tertiary/aromatic N) is 3. The van der Waals surface area contributed by atoms with Gasteiger partial charge >= 0.3 is 6.03 Å². The molecule has 6 nitrogen and oxygen atoms in total. The summed E-state index contributed by atoms with van der Waals surface area (Å²) < 4.78 is 6.61. The number of aromatic nitrogens is 1. The number of morpholine rings is 1. The first kappa shape index (κ1) is 24.3. The lowest BCUT2D eigenvalue weighted by atomic mass is 9.84. The van der Waals surface area contributed by atoms with Crippen LogP contribution in [0.2, 0.25) is 0 Å². The maximum absolute atomic E-state index is 13.4. The monoisotopic (exact) mass is 480 g/mol. The van der Waals surface area contributed by atoms with Crippen molar-refractivity contribution in [1.29, 1.82) is 0 Å². The first-order chi connectivity index (χ1) is 15.7. The Bertz CT molecular complexity index is 696. The predicted molar refractivity (Wildman–Crippen MR) is 134 cm³/mol. The number of hydrogen-bond acceptors (Lipinski definition) is 6. The maximum Gasteiger partial charge on any atom is 0.324 e. The molecule has 1 N–H and O–H groups in total. The number of anilines is 1. The van der Waals surface area contributed by atoms with Crippen LogP contribution in [-0.4, -0.2) is 71.5 Å². The normalized spacial score (nSPS) is 25.5. The number of thioether (sulfide) groups is 1. The fraction of sp³-hybridized carbons (Fsp3) is 0.833. The Morgan fingerprint density at radius 1 is 1.16 bits per heavy atom. The third kappa shape index (κ3) is 7.08. The number of nitrogens with one attached hydrogen (secondary N) is 1. The molecule has 180 valence electrons. The van der Waals surface area contributed by atoms with E-state index in [9.17, 15) is 4.79 Å². The lowest BCUT2D eigenvalue weighted by molar-refractivity contribution is 0.0381. The standard InChI is InChI=1S/C24H40N4O2S2/c1-19-8-10-21(11-9-19)28(20-6-3-2-4-7-20)24(29)26-23-25-18-22(32-23)31-17-5-12-27-13-15-30-16-14-27/h18-21H,2-17H2,1H3,(H,25,26,29)/t19-,21-. The molecule has 0 bridgehead atoms. The fourth-order valence-electron chi connectivity index (χ4n) is 5.34. The summed E-state index contributed by atoms with van der Waals surface area (Å²) in [6.07, 6.45) is 14.0. The minimum atomic E-state index is 0.0784. The molecule has 2 saturated carbocycles. The van der Waals surface area contributed by atoms with Crippen molar-refractivity contribution in [3.63, 3.8) is 0 Å². The van der Waals surface area contributed by atoms with E-state index in [0.29, 0.717) is 12.1 Å². The highest BCUT2D eigenvalue weighted by Gasteiger charge is 2.34. The zero-order valence-electron chi connectivity index (χ0n) is 19.6. The summed E-state index contributed by atoms with van der Waals surface area (Å²) in [5, 5.41) is 3.92. The molecule has 3 aliphatic rings. The van der Waals surface area contributed by atoms with Gasteiger partial charge in [-0.15, -0.1) is 11.8 Å². The molecule has 0 radical (unpaired) electrons. The molecular formula is C24H40N4O2S2. The number of hydrogen-bond donors (Lipinski definition) is 1. The highest BCUT2D eigenvalue weighted by molar-refractivity contribution is 8.01. The molecular weight excluding hydrogens is 440 g/mol. The molecule has 1 aromatic heterocycles. The van der Waals surface area contributed by atoms with E-state index >= 15 is 0 Å². The average Bonchev–Trinajstić information content (AvgIpc) is 3.27. The SMILES string of the molecule is C[C@H]1CC[C@H](N(C(=O)Nc2ncc(SCCCN3CCOCC3)s2)C2CCCCC2)CC1. The van der Waals surface area contributed by atoms with Crippen molar-refractivity contribution < 1.29 is 9.53 Å². The van der Waals surface area contributed by atoms with E-state index in [1.54, 1.807) is 11.3 Å². The van der Waals surface area contributed by atoms with Crippen LogP contribution in [0.3, 0.4) is 0 Å². The molecule has 2 amide bonds. The van der Waals surface area contributed by atoms with Gasteiger partial charge in [0.1, 0.15) is 0 Å². The molecule has 3 fully saturated rings. The fourth-order valence-corrected chi connectivity index (χ4v) is 7.20. The van der Waals surface area contributed by atoms with Gasteiger partial charge in [0, 0.05) is 30.9 Å². The van der Waals surface area contributed by atoms with Gasteiger partial charge in [0.05, 0.1) is 23.6 Å². The first-order valence-corrected chi connectivity index (χ1v) is 14.5. The molecule has 8 heteroatoms. The summed E-state index contributed by atoms with van der Waals surface area (Å²) in [6.45, 7) is 7.31. The number of carbonyl (C=O) groups is 1. The van der Waals surface area contributed by atoms with Crippen LogP contribution >= 0.6 is 23.1 Å². The molecule has 2 aliphatic carbocycles. The van der Waals surface area contributed by atoms with E-state index in [1.807, 2.05) is 18.0 Å². The van der Waals surface area contributed by atoms with Crippen molar-refractivity contribution >= 4 is 34.3 Å². The van der Waals surface area contributed by atoms with Crippen LogP contribution in [0, 0.1) is 5.92 Å². The van der Waals surface area contributed by atoms with Gasteiger partial charge in [-0.05, 0) is 57.4 Å². The maximum atomic E-state index is 13.4. The van der Waals surface area contributed by atoms with E-state index in [1.165, 1.54) is 42.7 Å². The van der Waals surface area contributed by atoms with Gasteiger partial charge in [-0.3, -0.25) is 10.2 Å². The molecule has 32 heavy (non-hydrogen) atoms. The first-order valence-electron chi connectivity index (χ1n) is 12.7. The molecule has 2 heterocycles. The predicted octanol–water partition coefficient (Wildman–Crippen LogP) is 5.70. The zero-order chi connectivity index (χ0) is 22.2. The van der Waals surface area contributed by atoms with Crippen LogP contribution in [-0.2, 0) is 4.74 Å². The van der Waals surface area contributed by atoms with Crippen molar-refractivity contribution in [3.8, 4) is 0 Å². The van der Waals surface area contributed by atoms with Crippen molar-refractivity contribution in [1.82, 2.24) is 14.8 Å². The van der Waals surface area contributed by atoms with Gasteiger partial charge in [0.2, 0.25) is 0 Å². The number of carbonyl (C=O) groups excluding carboxylic acids is 1. The number of thiazole rings is 1. The van der Waals surface area contributed by atoms with Crippen LogP contribution in [0.1, 0.15) is 71.1 Å². The molecule has 0 unspecified atom stereocenters. The second-order valence-electron chi connectivity index (χ2n) is 9.68. The summed E-state index contributed by atoms with van der Waals surface area (Å²) in [5.74, 6) is 1.88. The second-order valence-corrected chi connectivity index (χ2v) is 12.1. The second kappa shape index (κ2) is 12.6. The van der Waals surface area contributed by atoms with E-state index in [4.69, 9.17) is 4.74 Å². The van der Waals surface area contributed by atoms with Crippen LogP contribution in [0.15, 0.2) is 10.4 Å². The third-order valence-corrected chi connectivity index (χ3v) is 9.44. The Hall–Kier alpha value is -0.830. The largest absolute Gasteiger partial charge is 0.379 e. The summed E-state index contributed by atoms with van der Waals surface area (Å²) in [6, 6.07) is 0.870. The van der Waals surface area contributed by atoms with Gasteiger partial charge in [0.25, 0.3) is 0 Å². The Labute approximate surface area is 201 Å². The molecule has 0 spiro atoms. The van der Waals surface area contributed by atoms with E-state index in [0.717, 1.165) is 75.3 Å². The lowest BCUT2D eigenvalue weighted by Gasteiger charge is -2.42. The number of rotatable bonds is 8. The Kier molecular flexibility index (Phi) is 9.55. The molecule has 1 aromatic rings. The Morgan fingerprint density at radius 3 is 2.62 bits per heavy atom. The molecule has 1 aliphatic heterocycles. The van der Waals surface area contributed by atoms with Crippen molar-refractivity contribution in [2.24, 2.45) is 5.92 Å².